The molecule has 6 nitrogen and oxygen atoms in total. The van der Waals surface area contributed by atoms with Crippen LogP contribution in [0.3, 0.4) is 0 Å². The number of amides is 1. The first kappa shape index (κ1) is 17.4. The first-order chi connectivity index (χ1) is 11.7. The molecule has 124 valence electrons. The van der Waals surface area contributed by atoms with Crippen LogP contribution in [0.4, 0.5) is 16.2 Å². The monoisotopic (exact) mass is 326 g/mol. The second-order valence-corrected chi connectivity index (χ2v) is 5.00. The van der Waals surface area contributed by atoms with Gasteiger partial charge in [-0.2, -0.15) is 4.99 Å². The minimum atomic E-state index is -0.508. The summed E-state index contributed by atoms with van der Waals surface area (Å²) in [4.78, 5) is 25.3. The summed E-state index contributed by atoms with van der Waals surface area (Å²) in [6, 6.07) is 14.9. The first-order valence-corrected chi connectivity index (χ1v) is 7.40. The van der Waals surface area contributed by atoms with Crippen LogP contribution in [-0.4, -0.2) is 32.5 Å². The molecule has 2 rings (SSSR count). The van der Waals surface area contributed by atoms with E-state index in [9.17, 15) is 9.59 Å². The van der Waals surface area contributed by atoms with Crippen molar-refractivity contribution in [1.29, 1.82) is 0 Å². The van der Waals surface area contributed by atoms with Crippen LogP contribution in [0.1, 0.15) is 11.1 Å². The third-order valence-electron chi connectivity index (χ3n) is 3.24. The van der Waals surface area contributed by atoms with Gasteiger partial charge in [0.15, 0.2) is 0 Å². The third kappa shape index (κ3) is 5.68. The van der Waals surface area contributed by atoms with Gasteiger partial charge < -0.3 is 9.47 Å². The van der Waals surface area contributed by atoms with Crippen molar-refractivity contribution in [1.82, 2.24) is 0 Å². The minimum Gasteiger partial charge on any atom is -0.447 e. The highest BCUT2D eigenvalue weighted by Gasteiger charge is 2.03. The number of rotatable bonds is 7. The maximum absolute atomic E-state index is 11.5. The Hall–Kier alpha value is -2.95. The van der Waals surface area contributed by atoms with Gasteiger partial charge in [0.25, 0.3) is 0 Å². The van der Waals surface area contributed by atoms with Gasteiger partial charge in [-0.25, -0.2) is 9.59 Å². The molecule has 2 aromatic rings. The number of carbonyl (C=O) groups is 1. The van der Waals surface area contributed by atoms with Crippen molar-refractivity contribution >= 4 is 23.5 Å². The second kappa shape index (κ2) is 9.25. The van der Waals surface area contributed by atoms with E-state index in [1.165, 1.54) is 6.08 Å². The van der Waals surface area contributed by atoms with E-state index >= 15 is 0 Å². The number of methoxy groups -OCH3 is 1. The standard InChI is InChI=1S/C18H18N2O4/c1-23-10-11-24-18(22)20-17-8-4-15(5-9-17)12-14-2-6-16(7-3-14)19-13-21/h2-9H,10-12H2,1H3,(H,20,22). The van der Waals surface area contributed by atoms with E-state index in [1.54, 1.807) is 19.2 Å². The van der Waals surface area contributed by atoms with E-state index in [0.717, 1.165) is 17.5 Å². The number of nitrogens with zero attached hydrogens (tertiary/aromatic N) is 1. The zero-order valence-electron chi connectivity index (χ0n) is 13.3. The number of aliphatic imine (C=N–C) groups is 1. The lowest BCUT2D eigenvalue weighted by atomic mass is 10.0. The molecule has 0 saturated heterocycles. The lowest BCUT2D eigenvalue weighted by Gasteiger charge is -2.08. The average molecular weight is 326 g/mol. The molecule has 6 heteroatoms. The predicted molar refractivity (Wildman–Crippen MR) is 90.3 cm³/mol. The molecular weight excluding hydrogens is 308 g/mol. The van der Waals surface area contributed by atoms with Gasteiger partial charge in [-0.1, -0.05) is 24.3 Å². The lowest BCUT2D eigenvalue weighted by molar-refractivity contribution is 0.107. The van der Waals surface area contributed by atoms with Crippen LogP contribution in [0.5, 0.6) is 0 Å². The molecule has 0 saturated carbocycles. The molecule has 1 amide bonds. The van der Waals surface area contributed by atoms with Crippen molar-refractivity contribution in [2.45, 2.75) is 6.42 Å². The fourth-order valence-corrected chi connectivity index (χ4v) is 2.05. The van der Waals surface area contributed by atoms with Gasteiger partial charge in [0.1, 0.15) is 6.61 Å². The van der Waals surface area contributed by atoms with Crippen molar-refractivity contribution in [3.05, 3.63) is 59.7 Å². The molecular formula is C18H18N2O4. The Bertz CT molecular complexity index is 705. The Morgan fingerprint density at radius 3 is 2.25 bits per heavy atom. The van der Waals surface area contributed by atoms with Gasteiger partial charge in [0.2, 0.25) is 6.08 Å². The first-order valence-electron chi connectivity index (χ1n) is 7.40. The van der Waals surface area contributed by atoms with Crippen LogP contribution in [0.25, 0.3) is 0 Å². The van der Waals surface area contributed by atoms with Crippen LogP contribution in [0, 0.1) is 0 Å². The largest absolute Gasteiger partial charge is 0.447 e. The molecule has 0 aliphatic carbocycles. The third-order valence-corrected chi connectivity index (χ3v) is 3.24. The number of ether oxygens (including phenoxy) is 2. The molecule has 0 aliphatic heterocycles. The summed E-state index contributed by atoms with van der Waals surface area (Å²) >= 11 is 0. The summed E-state index contributed by atoms with van der Waals surface area (Å²) < 4.78 is 9.74. The van der Waals surface area contributed by atoms with Gasteiger partial charge in [0, 0.05) is 12.8 Å². The number of isocyanates is 1. The molecule has 24 heavy (non-hydrogen) atoms. The van der Waals surface area contributed by atoms with E-state index in [-0.39, 0.29) is 6.61 Å². The Morgan fingerprint density at radius 1 is 1.04 bits per heavy atom. The fourth-order valence-electron chi connectivity index (χ4n) is 2.05. The predicted octanol–water partition coefficient (Wildman–Crippen LogP) is 3.44. The van der Waals surface area contributed by atoms with E-state index in [4.69, 9.17) is 9.47 Å². The highest BCUT2D eigenvalue weighted by molar-refractivity contribution is 5.84. The van der Waals surface area contributed by atoms with E-state index in [0.29, 0.717) is 18.0 Å². The summed E-state index contributed by atoms with van der Waals surface area (Å²) in [6.45, 7) is 0.577. The molecule has 0 fully saturated rings. The molecule has 0 unspecified atom stereocenters. The minimum absolute atomic E-state index is 0.213. The topological polar surface area (TPSA) is 77.0 Å². The SMILES string of the molecule is COCCOC(=O)Nc1ccc(Cc2ccc(N=C=O)cc2)cc1. The highest BCUT2D eigenvalue weighted by atomic mass is 16.6. The molecule has 0 spiro atoms. The number of anilines is 1. The summed E-state index contributed by atoms with van der Waals surface area (Å²) in [7, 11) is 1.54. The number of benzene rings is 2. The number of carbonyl (C=O) groups excluding carboxylic acids is 2. The number of hydrogen-bond donors (Lipinski definition) is 1. The van der Waals surface area contributed by atoms with Crippen LogP contribution in [0.15, 0.2) is 53.5 Å². The molecule has 0 aromatic heterocycles. The Balaban J connectivity index is 1.89. The van der Waals surface area contributed by atoms with Crippen molar-refractivity contribution in [2.75, 3.05) is 25.6 Å². The molecule has 0 aliphatic rings. The van der Waals surface area contributed by atoms with Crippen molar-refractivity contribution < 1.29 is 19.1 Å². The normalized spacial score (nSPS) is 9.88. The smallest absolute Gasteiger partial charge is 0.411 e. The molecule has 2 aromatic carbocycles. The van der Waals surface area contributed by atoms with Crippen molar-refractivity contribution in [2.24, 2.45) is 4.99 Å². The van der Waals surface area contributed by atoms with Crippen LogP contribution >= 0.6 is 0 Å². The van der Waals surface area contributed by atoms with Gasteiger partial charge in [-0.05, 0) is 41.8 Å². The van der Waals surface area contributed by atoms with E-state index < -0.39 is 6.09 Å². The van der Waals surface area contributed by atoms with Gasteiger partial charge in [-0.15, -0.1) is 0 Å². The molecule has 1 N–H and O–H groups in total. The van der Waals surface area contributed by atoms with Crippen molar-refractivity contribution in [3.8, 4) is 0 Å². The van der Waals surface area contributed by atoms with Crippen LogP contribution < -0.4 is 5.32 Å². The summed E-state index contributed by atoms with van der Waals surface area (Å²) in [5.74, 6) is 0. The van der Waals surface area contributed by atoms with Crippen LogP contribution in [0.2, 0.25) is 0 Å². The van der Waals surface area contributed by atoms with Crippen LogP contribution in [-0.2, 0) is 20.7 Å². The van der Waals surface area contributed by atoms with Gasteiger partial charge >= 0.3 is 6.09 Å². The quantitative estimate of drug-likeness (QED) is 0.480. The second-order valence-electron chi connectivity index (χ2n) is 5.00. The number of hydrogen-bond acceptors (Lipinski definition) is 5. The van der Waals surface area contributed by atoms with Crippen molar-refractivity contribution in [3.63, 3.8) is 0 Å². The zero-order valence-corrected chi connectivity index (χ0v) is 13.3. The highest BCUT2D eigenvalue weighted by Crippen LogP contribution is 2.17. The summed E-state index contributed by atoms with van der Waals surface area (Å²) in [6.07, 6.45) is 1.75. The molecule has 0 bridgehead atoms. The van der Waals surface area contributed by atoms with E-state index in [1.807, 2.05) is 36.4 Å². The fraction of sp³-hybridized carbons (Fsp3) is 0.222. The zero-order chi connectivity index (χ0) is 17.2. The van der Waals surface area contributed by atoms with Gasteiger partial charge in [0.05, 0.1) is 12.3 Å². The molecule has 0 atom stereocenters. The maximum atomic E-state index is 11.5. The summed E-state index contributed by atoms with van der Waals surface area (Å²) in [5, 5.41) is 2.65. The molecule has 0 radical (unpaired) electrons. The summed E-state index contributed by atoms with van der Waals surface area (Å²) in [5.41, 5.74) is 3.44. The van der Waals surface area contributed by atoms with Gasteiger partial charge in [-0.3, -0.25) is 5.32 Å². The Morgan fingerprint density at radius 2 is 1.67 bits per heavy atom. The Kier molecular flexibility index (Phi) is 6.71. The lowest BCUT2D eigenvalue weighted by Crippen LogP contribution is -2.16. The number of nitrogens with one attached hydrogen (secondary N) is 1. The Labute approximate surface area is 140 Å². The average Bonchev–Trinajstić information content (AvgIpc) is 2.59. The van der Waals surface area contributed by atoms with E-state index in [2.05, 4.69) is 10.3 Å². The maximum Gasteiger partial charge on any atom is 0.411 e. The molecule has 0 heterocycles.